The highest BCUT2D eigenvalue weighted by Gasteiger charge is 2.05. The van der Waals surface area contributed by atoms with Crippen molar-refractivity contribution in [1.29, 1.82) is 0 Å². The van der Waals surface area contributed by atoms with E-state index in [-0.39, 0.29) is 17.7 Å². The third kappa shape index (κ3) is 7.56. The van der Waals surface area contributed by atoms with E-state index in [1.165, 1.54) is 6.92 Å². The average Bonchev–Trinajstić information content (AvgIpc) is 2.45. The van der Waals surface area contributed by atoms with Gasteiger partial charge in [0.2, 0.25) is 11.8 Å². The van der Waals surface area contributed by atoms with Crippen molar-refractivity contribution in [3.8, 4) is 0 Å². The zero-order valence-corrected chi connectivity index (χ0v) is 13.1. The minimum Gasteiger partial charge on any atom is -0.352 e. The molecular formula is C16H26N2O2. The van der Waals surface area contributed by atoms with Crippen molar-refractivity contribution >= 4 is 11.8 Å². The minimum atomic E-state index is -0.0386. The fourth-order valence-electron chi connectivity index (χ4n) is 1.39. The van der Waals surface area contributed by atoms with Crippen molar-refractivity contribution in [3.63, 3.8) is 0 Å². The van der Waals surface area contributed by atoms with E-state index < -0.39 is 0 Å². The second-order valence-corrected chi connectivity index (χ2v) is 4.60. The van der Waals surface area contributed by atoms with Gasteiger partial charge in [-0.2, -0.15) is 0 Å². The maximum atomic E-state index is 11.4. The summed E-state index contributed by atoms with van der Waals surface area (Å²) in [6, 6.07) is 7.81. The van der Waals surface area contributed by atoms with Gasteiger partial charge in [0.15, 0.2) is 0 Å². The first-order valence-corrected chi connectivity index (χ1v) is 7.09. The van der Waals surface area contributed by atoms with Gasteiger partial charge in [-0.3, -0.25) is 9.59 Å². The smallest absolute Gasteiger partial charge is 0.222 e. The molecule has 2 amide bonds. The Hall–Kier alpha value is -1.84. The van der Waals surface area contributed by atoms with Gasteiger partial charge < -0.3 is 10.6 Å². The zero-order valence-electron chi connectivity index (χ0n) is 13.1. The molecule has 0 bridgehead atoms. The monoisotopic (exact) mass is 278 g/mol. The number of carbonyl (C=O) groups excluding carboxylic acids is 2. The third-order valence-corrected chi connectivity index (χ3v) is 2.56. The van der Waals surface area contributed by atoms with Crippen LogP contribution in [0.5, 0.6) is 0 Å². The van der Waals surface area contributed by atoms with Gasteiger partial charge in [-0.1, -0.05) is 52.0 Å². The summed E-state index contributed by atoms with van der Waals surface area (Å²) in [5, 5.41) is 5.60. The van der Waals surface area contributed by atoms with Crippen LogP contribution in [0.25, 0.3) is 0 Å². The summed E-state index contributed by atoms with van der Waals surface area (Å²) in [7, 11) is 0. The molecule has 0 heterocycles. The second kappa shape index (κ2) is 10.0. The molecule has 0 atom stereocenters. The zero-order chi connectivity index (χ0) is 15.5. The lowest BCUT2D eigenvalue weighted by Crippen LogP contribution is -2.27. The molecule has 0 aliphatic rings. The lowest BCUT2D eigenvalue weighted by atomic mass is 10.1. The molecule has 4 nitrogen and oxygen atoms in total. The molecule has 1 aromatic rings. The van der Waals surface area contributed by atoms with Crippen molar-refractivity contribution in [2.45, 2.75) is 47.7 Å². The molecule has 0 aliphatic carbocycles. The van der Waals surface area contributed by atoms with Crippen molar-refractivity contribution in [2.24, 2.45) is 5.92 Å². The summed E-state index contributed by atoms with van der Waals surface area (Å²) in [5.41, 5.74) is 2.10. The van der Waals surface area contributed by atoms with Gasteiger partial charge >= 0.3 is 0 Å². The van der Waals surface area contributed by atoms with Gasteiger partial charge in [-0.25, -0.2) is 0 Å². The van der Waals surface area contributed by atoms with Crippen molar-refractivity contribution in [2.75, 3.05) is 0 Å². The normalized spacial score (nSPS) is 9.50. The fraction of sp³-hybridized carbons (Fsp3) is 0.500. The fourth-order valence-corrected chi connectivity index (χ4v) is 1.39. The molecule has 0 saturated heterocycles. The number of benzene rings is 1. The molecule has 1 aromatic carbocycles. The van der Waals surface area contributed by atoms with Gasteiger partial charge in [0.1, 0.15) is 0 Å². The molecule has 0 aromatic heterocycles. The predicted molar refractivity (Wildman–Crippen MR) is 82.0 cm³/mol. The van der Waals surface area contributed by atoms with Gasteiger partial charge in [0.05, 0.1) is 0 Å². The molecule has 0 radical (unpaired) electrons. The Bertz CT molecular complexity index is 411. The first-order valence-electron chi connectivity index (χ1n) is 7.09. The molecule has 0 unspecified atom stereocenters. The first kappa shape index (κ1) is 18.2. The van der Waals surface area contributed by atoms with Gasteiger partial charge in [0.25, 0.3) is 0 Å². The molecule has 1 rings (SSSR count). The van der Waals surface area contributed by atoms with Crippen LogP contribution in [0.15, 0.2) is 24.3 Å². The van der Waals surface area contributed by atoms with Crippen LogP contribution < -0.4 is 10.6 Å². The number of rotatable bonds is 5. The van der Waals surface area contributed by atoms with Crippen LogP contribution in [-0.4, -0.2) is 11.8 Å². The topological polar surface area (TPSA) is 58.2 Å². The van der Waals surface area contributed by atoms with E-state index >= 15 is 0 Å². The molecule has 4 heteroatoms. The maximum Gasteiger partial charge on any atom is 0.222 e. The summed E-state index contributed by atoms with van der Waals surface area (Å²) < 4.78 is 0. The van der Waals surface area contributed by atoms with Crippen LogP contribution in [0, 0.1) is 5.92 Å². The maximum absolute atomic E-state index is 11.4. The summed E-state index contributed by atoms with van der Waals surface area (Å²) in [4.78, 5) is 22.2. The lowest BCUT2D eigenvalue weighted by Gasteiger charge is -2.08. The molecule has 0 saturated carbocycles. The Balaban J connectivity index is 0.00000172. The predicted octanol–water partition coefficient (Wildman–Crippen LogP) is 2.62. The van der Waals surface area contributed by atoms with E-state index in [9.17, 15) is 9.59 Å². The molecule has 2 N–H and O–H groups in total. The van der Waals surface area contributed by atoms with Gasteiger partial charge in [0, 0.05) is 25.9 Å². The Morgan fingerprint density at radius 1 is 0.950 bits per heavy atom. The van der Waals surface area contributed by atoms with E-state index in [4.69, 9.17) is 0 Å². The van der Waals surface area contributed by atoms with E-state index in [1.807, 2.05) is 52.0 Å². The van der Waals surface area contributed by atoms with Crippen LogP contribution in [0.3, 0.4) is 0 Å². The number of nitrogens with one attached hydrogen (secondary N) is 2. The van der Waals surface area contributed by atoms with Crippen LogP contribution in [-0.2, 0) is 22.7 Å². The van der Waals surface area contributed by atoms with E-state index in [2.05, 4.69) is 10.6 Å². The van der Waals surface area contributed by atoms with Crippen LogP contribution in [0.2, 0.25) is 0 Å². The number of amides is 2. The summed E-state index contributed by atoms with van der Waals surface area (Å²) in [5.74, 6) is 0.0182. The number of hydrogen-bond donors (Lipinski definition) is 2. The van der Waals surface area contributed by atoms with E-state index in [0.29, 0.717) is 13.1 Å². The molecule has 20 heavy (non-hydrogen) atoms. The van der Waals surface area contributed by atoms with E-state index in [1.54, 1.807) is 0 Å². The Morgan fingerprint density at radius 3 is 1.70 bits per heavy atom. The second-order valence-electron chi connectivity index (χ2n) is 4.60. The van der Waals surface area contributed by atoms with Crippen molar-refractivity contribution in [1.82, 2.24) is 10.6 Å². The van der Waals surface area contributed by atoms with Crippen molar-refractivity contribution in [3.05, 3.63) is 35.4 Å². The highest BCUT2D eigenvalue weighted by Crippen LogP contribution is 2.04. The molecule has 0 fully saturated rings. The van der Waals surface area contributed by atoms with Crippen molar-refractivity contribution < 1.29 is 9.59 Å². The highest BCUT2D eigenvalue weighted by atomic mass is 16.2. The van der Waals surface area contributed by atoms with E-state index in [0.717, 1.165) is 11.1 Å². The molecular weight excluding hydrogens is 252 g/mol. The highest BCUT2D eigenvalue weighted by molar-refractivity contribution is 5.77. The lowest BCUT2D eigenvalue weighted by molar-refractivity contribution is -0.124. The van der Waals surface area contributed by atoms with Crippen LogP contribution >= 0.6 is 0 Å². The Labute approximate surface area is 122 Å². The first-order chi connectivity index (χ1) is 9.49. The van der Waals surface area contributed by atoms with Crippen LogP contribution in [0.4, 0.5) is 0 Å². The third-order valence-electron chi connectivity index (χ3n) is 2.56. The quantitative estimate of drug-likeness (QED) is 0.870. The number of carbonyl (C=O) groups is 2. The van der Waals surface area contributed by atoms with Crippen LogP contribution in [0.1, 0.15) is 45.7 Å². The summed E-state index contributed by atoms with van der Waals surface area (Å²) in [6.45, 7) is 10.3. The minimum absolute atomic E-state index is 0.00374. The Morgan fingerprint density at radius 2 is 1.35 bits per heavy atom. The standard InChI is InChI=1S/C14H20N2O2.C2H6/c1-10(2)14(18)16-9-13-6-4-12(5-7-13)8-15-11(3)17;1-2/h4-7,10H,8-9H2,1-3H3,(H,15,17)(H,16,18);1-2H3. The average molecular weight is 278 g/mol. The summed E-state index contributed by atoms with van der Waals surface area (Å²) >= 11 is 0. The molecule has 112 valence electrons. The van der Waals surface area contributed by atoms with Gasteiger partial charge in [-0.15, -0.1) is 0 Å². The molecule has 0 spiro atoms. The largest absolute Gasteiger partial charge is 0.352 e. The Kier molecular flexibility index (Phi) is 9.09. The molecule has 0 aliphatic heterocycles. The van der Waals surface area contributed by atoms with Gasteiger partial charge in [-0.05, 0) is 11.1 Å². The number of hydrogen-bond acceptors (Lipinski definition) is 2. The summed E-state index contributed by atoms with van der Waals surface area (Å²) in [6.07, 6.45) is 0. The SMILES string of the molecule is CC.CC(=O)NCc1ccc(CNC(=O)C(C)C)cc1.